The van der Waals surface area contributed by atoms with Gasteiger partial charge in [0.1, 0.15) is 0 Å². The summed E-state index contributed by atoms with van der Waals surface area (Å²) in [5, 5.41) is 0. The van der Waals surface area contributed by atoms with E-state index in [1.54, 1.807) is 12.1 Å². The number of fused-ring (bicyclic) bond motifs is 4. The molecule has 7 aromatic rings. The van der Waals surface area contributed by atoms with Crippen LogP contribution in [-0.2, 0) is 0 Å². The molecule has 0 atom stereocenters. The average molecular weight is 665 g/mol. The Labute approximate surface area is 315 Å². The van der Waals surface area contributed by atoms with Gasteiger partial charge >= 0.3 is 0 Å². The van der Waals surface area contributed by atoms with Gasteiger partial charge in [0.15, 0.2) is 0 Å². The summed E-state index contributed by atoms with van der Waals surface area (Å²) in [5.74, 6) is 0.365. The quantitative estimate of drug-likeness (QED) is 0.169. The van der Waals surface area contributed by atoms with Crippen LogP contribution in [0.1, 0.15) is 57.3 Å². The minimum absolute atomic E-state index is 0.131. The molecule has 0 spiro atoms. The van der Waals surface area contributed by atoms with Crippen molar-refractivity contribution in [2.45, 2.75) is 38.0 Å². The Morgan fingerprint density at radius 3 is 1.73 bits per heavy atom. The van der Waals surface area contributed by atoms with Gasteiger partial charge in [-0.15, -0.1) is 0 Å². The zero-order valence-electron chi connectivity index (χ0n) is 38.0. The Balaban J connectivity index is 1.27. The van der Waals surface area contributed by atoms with E-state index in [-0.39, 0.29) is 66.2 Å². The fraction of sp³-hybridized carbons (Fsp3) is 0.125. The number of rotatable bonds is 5. The summed E-state index contributed by atoms with van der Waals surface area (Å²) in [6, 6.07) is 33.3. The van der Waals surface area contributed by atoms with Crippen LogP contribution in [0.25, 0.3) is 22.3 Å². The first-order chi connectivity index (χ1) is 29.5. The van der Waals surface area contributed by atoms with Crippen molar-refractivity contribution in [3.05, 3.63) is 175 Å². The van der Waals surface area contributed by atoms with Gasteiger partial charge < -0.3 is 9.80 Å². The Morgan fingerprint density at radius 2 is 1.04 bits per heavy atom. The highest BCUT2D eigenvalue weighted by Crippen LogP contribution is 2.47. The molecule has 10 rings (SSSR count). The standard InChI is InChI=1S/C48H39BN2/c1-5-15-34(16-6-1)37-25-28-41(29-26-37)51-45-30-27-38(35-17-7-2-8-18-35)31-43(45)49-42-23-13-14-24-44(42)50(40-21-11-4-12-22-40)46-32-39(33-47(51)48(46)49)36-19-9-3-10-20-36/h1-2,4-8,11-18,21-33,36H,3,9-10,19-20H2/i1D,2D,5D,6D,7D,8D,15D,16D,17D,18D. The molecular weight excluding hydrogens is 615 g/mol. The van der Waals surface area contributed by atoms with Gasteiger partial charge in [0.05, 0.1) is 13.7 Å². The summed E-state index contributed by atoms with van der Waals surface area (Å²) >= 11 is 0. The molecule has 0 saturated heterocycles. The highest BCUT2D eigenvalue weighted by Gasteiger charge is 2.44. The topological polar surface area (TPSA) is 6.48 Å². The van der Waals surface area contributed by atoms with Crippen LogP contribution < -0.4 is 26.2 Å². The molecule has 0 bridgehead atoms. The largest absolute Gasteiger partial charge is 0.311 e. The van der Waals surface area contributed by atoms with Crippen LogP contribution in [0.5, 0.6) is 0 Å². The van der Waals surface area contributed by atoms with Crippen molar-refractivity contribution in [2.75, 3.05) is 9.80 Å². The summed E-state index contributed by atoms with van der Waals surface area (Å²) in [7, 11) is 0. The normalized spacial score (nSPS) is 17.6. The van der Waals surface area contributed by atoms with Crippen molar-refractivity contribution in [3.63, 3.8) is 0 Å². The number of hydrogen-bond acceptors (Lipinski definition) is 2. The van der Waals surface area contributed by atoms with Crippen molar-refractivity contribution < 1.29 is 13.7 Å². The van der Waals surface area contributed by atoms with E-state index in [4.69, 9.17) is 13.7 Å². The van der Waals surface area contributed by atoms with Crippen LogP contribution >= 0.6 is 0 Å². The van der Waals surface area contributed by atoms with E-state index in [2.05, 4.69) is 52.3 Å². The van der Waals surface area contributed by atoms with Gasteiger partial charge in [-0.1, -0.05) is 140 Å². The summed E-state index contributed by atoms with van der Waals surface area (Å²) in [5.41, 5.74) is 11.3. The molecule has 0 N–H and O–H groups in total. The monoisotopic (exact) mass is 664 g/mol. The van der Waals surface area contributed by atoms with E-state index in [0.717, 1.165) is 76.2 Å². The lowest BCUT2D eigenvalue weighted by Gasteiger charge is -2.45. The highest BCUT2D eigenvalue weighted by molar-refractivity contribution is 7.00. The molecule has 2 nitrogen and oxygen atoms in total. The number of para-hydroxylation sites is 2. The van der Waals surface area contributed by atoms with E-state index in [1.165, 1.54) is 12.0 Å². The van der Waals surface area contributed by atoms with Crippen molar-refractivity contribution in [3.8, 4) is 22.3 Å². The Kier molecular flexibility index (Phi) is 5.26. The SMILES string of the molecule is [2H]c1c([2H])c([2H])c(-c2ccc(N3c4ccc(-c5c([2H])c([2H])c([2H])c([2H])c5[2H])cc4B4c5ccccc5N(c5ccccc5)c5cc(C6CCCCC6)cc3c54)cc2)c([2H])c1[2H]. The van der Waals surface area contributed by atoms with Crippen LogP contribution in [0.3, 0.4) is 0 Å². The number of anilines is 6. The van der Waals surface area contributed by atoms with E-state index < -0.39 is 12.1 Å². The van der Waals surface area contributed by atoms with Gasteiger partial charge in [0, 0.05) is 34.1 Å². The van der Waals surface area contributed by atoms with Gasteiger partial charge in [-0.25, -0.2) is 0 Å². The molecule has 0 radical (unpaired) electrons. The van der Waals surface area contributed by atoms with Gasteiger partial charge in [-0.3, -0.25) is 0 Å². The van der Waals surface area contributed by atoms with Crippen LogP contribution in [0.15, 0.2) is 170 Å². The predicted octanol–water partition coefficient (Wildman–Crippen LogP) is 11.2. The first-order valence-corrected chi connectivity index (χ1v) is 17.8. The fourth-order valence-electron chi connectivity index (χ4n) is 8.50. The van der Waals surface area contributed by atoms with Crippen molar-refractivity contribution in [1.29, 1.82) is 0 Å². The average Bonchev–Trinajstić information content (AvgIpc) is 3.29. The zero-order valence-corrected chi connectivity index (χ0v) is 28.0. The van der Waals surface area contributed by atoms with Gasteiger partial charge in [0.2, 0.25) is 0 Å². The molecule has 1 aliphatic carbocycles. The summed E-state index contributed by atoms with van der Waals surface area (Å²) in [6.45, 7) is -0.289. The third kappa shape index (κ3) is 5.10. The van der Waals surface area contributed by atoms with Gasteiger partial charge in [0.25, 0.3) is 6.71 Å². The molecule has 1 fully saturated rings. The maximum atomic E-state index is 8.91. The summed E-state index contributed by atoms with van der Waals surface area (Å²) < 4.78 is 85.2. The Morgan fingerprint density at radius 1 is 0.471 bits per heavy atom. The molecule has 0 aromatic heterocycles. The predicted molar refractivity (Wildman–Crippen MR) is 217 cm³/mol. The lowest BCUT2D eigenvalue weighted by Crippen LogP contribution is -2.61. The lowest BCUT2D eigenvalue weighted by atomic mass is 9.33. The molecule has 2 heterocycles. The van der Waals surface area contributed by atoms with Crippen molar-refractivity contribution in [1.82, 2.24) is 0 Å². The molecule has 3 heteroatoms. The van der Waals surface area contributed by atoms with E-state index in [1.807, 2.05) is 54.6 Å². The Hall–Kier alpha value is -5.80. The third-order valence-electron chi connectivity index (χ3n) is 10.8. The van der Waals surface area contributed by atoms with Crippen LogP contribution in [0, 0.1) is 0 Å². The van der Waals surface area contributed by atoms with E-state index in [0.29, 0.717) is 17.0 Å². The Bertz CT molecular complexity index is 2880. The first-order valence-electron chi connectivity index (χ1n) is 22.8. The van der Waals surface area contributed by atoms with Crippen LogP contribution in [0.4, 0.5) is 34.1 Å². The van der Waals surface area contributed by atoms with Crippen molar-refractivity contribution in [2.24, 2.45) is 0 Å². The summed E-state index contributed by atoms with van der Waals surface area (Å²) in [4.78, 5) is 4.58. The zero-order chi connectivity index (χ0) is 42.4. The van der Waals surface area contributed by atoms with E-state index >= 15 is 0 Å². The number of benzene rings is 7. The molecule has 0 unspecified atom stereocenters. The molecule has 7 aromatic carbocycles. The molecule has 1 saturated carbocycles. The van der Waals surface area contributed by atoms with E-state index in [9.17, 15) is 0 Å². The van der Waals surface area contributed by atoms with Crippen molar-refractivity contribution >= 4 is 57.2 Å². The molecular formula is C48H39BN2. The van der Waals surface area contributed by atoms with Gasteiger partial charge in [-0.05, 0) is 111 Å². The fourth-order valence-corrected chi connectivity index (χ4v) is 8.50. The first kappa shape index (κ1) is 21.4. The molecule has 244 valence electrons. The second kappa shape index (κ2) is 12.5. The molecule has 2 aliphatic heterocycles. The van der Waals surface area contributed by atoms with Crippen LogP contribution in [-0.4, -0.2) is 6.71 Å². The molecule has 3 aliphatic rings. The molecule has 0 amide bonds. The molecule has 51 heavy (non-hydrogen) atoms. The second-order valence-corrected chi connectivity index (χ2v) is 13.6. The lowest BCUT2D eigenvalue weighted by molar-refractivity contribution is 0.444. The smallest absolute Gasteiger partial charge is 0.252 e. The maximum absolute atomic E-state index is 8.91. The number of hydrogen-bond donors (Lipinski definition) is 0. The highest BCUT2D eigenvalue weighted by atomic mass is 15.2. The van der Waals surface area contributed by atoms with Gasteiger partial charge in [-0.2, -0.15) is 0 Å². The summed E-state index contributed by atoms with van der Waals surface area (Å²) in [6.07, 6.45) is 5.73. The minimum atomic E-state index is -0.440. The maximum Gasteiger partial charge on any atom is 0.252 e. The second-order valence-electron chi connectivity index (χ2n) is 13.6. The van der Waals surface area contributed by atoms with Crippen LogP contribution in [0.2, 0.25) is 0 Å². The minimum Gasteiger partial charge on any atom is -0.311 e. The number of nitrogens with zero attached hydrogens (tertiary/aromatic N) is 2. The third-order valence-corrected chi connectivity index (χ3v) is 10.8.